The Morgan fingerprint density at radius 2 is 1.91 bits per heavy atom. The van der Waals surface area contributed by atoms with Gasteiger partial charge in [0, 0.05) is 37.8 Å². The molecule has 2 heterocycles. The quantitative estimate of drug-likeness (QED) is 0.591. The minimum absolute atomic E-state index is 0.120. The van der Waals surface area contributed by atoms with Gasteiger partial charge in [0.2, 0.25) is 0 Å². The number of nitrogens with one attached hydrogen (secondary N) is 1. The number of aromatic nitrogens is 2. The van der Waals surface area contributed by atoms with Crippen molar-refractivity contribution in [1.82, 2.24) is 20.0 Å². The van der Waals surface area contributed by atoms with E-state index in [9.17, 15) is 9.59 Å². The van der Waals surface area contributed by atoms with Crippen LogP contribution in [-0.2, 0) is 6.54 Å². The van der Waals surface area contributed by atoms with Crippen LogP contribution in [0.3, 0.4) is 0 Å². The van der Waals surface area contributed by atoms with Gasteiger partial charge in [-0.25, -0.2) is 9.59 Å². The second kappa shape index (κ2) is 8.53. The topological polar surface area (TPSA) is 96.7 Å². The van der Waals surface area contributed by atoms with Crippen molar-refractivity contribution >= 4 is 23.6 Å². The van der Waals surface area contributed by atoms with Crippen molar-refractivity contribution in [3.63, 3.8) is 0 Å². The molecule has 3 fully saturated rings. The van der Waals surface area contributed by atoms with Gasteiger partial charge < -0.3 is 20.1 Å². The molecule has 1 unspecified atom stereocenters. The van der Waals surface area contributed by atoms with Crippen molar-refractivity contribution in [1.29, 1.82) is 0 Å². The normalized spacial score (nSPS) is 30.5. The summed E-state index contributed by atoms with van der Waals surface area (Å²) in [5.41, 5.74) is 1.08. The maximum absolute atomic E-state index is 12.7. The van der Waals surface area contributed by atoms with Gasteiger partial charge >= 0.3 is 12.0 Å². The third-order valence-corrected chi connectivity index (χ3v) is 8.22. The minimum atomic E-state index is -1.13. The second-order valence-corrected chi connectivity index (χ2v) is 10.8. The Kier molecular flexibility index (Phi) is 5.45. The Bertz CT molecular complexity index is 1210. The summed E-state index contributed by atoms with van der Waals surface area (Å²) >= 11 is 6.38. The van der Waals surface area contributed by atoms with Gasteiger partial charge in [-0.2, -0.15) is 9.78 Å². The van der Waals surface area contributed by atoms with E-state index in [0.29, 0.717) is 36.9 Å². The third-order valence-electron chi connectivity index (χ3n) is 7.66. The van der Waals surface area contributed by atoms with Crippen molar-refractivity contribution in [3.05, 3.63) is 71.8 Å². The molecule has 35 heavy (non-hydrogen) atoms. The molecule has 1 aromatic carbocycles. The minimum Gasteiger partial charge on any atom is -0.476 e. The summed E-state index contributed by atoms with van der Waals surface area (Å²) < 4.78 is 7.11. The average molecular weight is 495 g/mol. The molecule has 2 aromatic rings. The number of benzene rings is 1. The number of likely N-dealkylation sites (tertiary alicyclic amines) is 1. The Balaban J connectivity index is 0.965. The van der Waals surface area contributed by atoms with Crippen LogP contribution in [0.5, 0.6) is 5.75 Å². The summed E-state index contributed by atoms with van der Waals surface area (Å²) in [6.07, 6.45) is 10.6. The molecule has 0 radical (unpaired) electrons. The lowest BCUT2D eigenvalue weighted by Gasteiger charge is -2.19. The SMILES string of the molecule is O=C(O)c1ccn(C(=O)N2C[C@H]3C[C@H](NCc4ccc(OC5=C[C@@H]6CC6(Cl)C=C5)cc4)C[C@H]3C2)n1. The maximum atomic E-state index is 12.7. The number of fused-ring (bicyclic) bond motifs is 2. The van der Waals surface area contributed by atoms with Crippen molar-refractivity contribution in [2.45, 2.75) is 36.7 Å². The number of hydrogen-bond acceptors (Lipinski definition) is 5. The summed E-state index contributed by atoms with van der Waals surface area (Å²) in [6, 6.07) is 9.69. The van der Waals surface area contributed by atoms with E-state index in [1.807, 2.05) is 24.3 Å². The molecule has 1 aromatic heterocycles. The number of alkyl halides is 1. The second-order valence-electron chi connectivity index (χ2n) is 10.1. The monoisotopic (exact) mass is 494 g/mol. The number of amides is 1. The molecule has 9 heteroatoms. The van der Waals surface area contributed by atoms with Crippen LogP contribution in [-0.4, -0.2) is 55.8 Å². The number of carboxylic acids is 1. The van der Waals surface area contributed by atoms with Crippen LogP contribution in [0.2, 0.25) is 0 Å². The van der Waals surface area contributed by atoms with E-state index < -0.39 is 5.97 Å². The third kappa shape index (κ3) is 4.48. The first kappa shape index (κ1) is 22.4. The largest absolute Gasteiger partial charge is 0.476 e. The van der Waals surface area contributed by atoms with Crippen molar-refractivity contribution in [2.24, 2.45) is 17.8 Å². The number of carbonyl (C=O) groups is 2. The lowest BCUT2D eigenvalue weighted by molar-refractivity contribution is 0.0690. The highest BCUT2D eigenvalue weighted by Gasteiger charge is 2.51. The van der Waals surface area contributed by atoms with Crippen LogP contribution < -0.4 is 10.1 Å². The number of halogens is 1. The van der Waals surface area contributed by atoms with E-state index in [0.717, 1.165) is 42.0 Å². The number of nitrogens with zero attached hydrogens (tertiary/aromatic N) is 3. The van der Waals surface area contributed by atoms with Crippen molar-refractivity contribution in [3.8, 4) is 5.75 Å². The summed E-state index contributed by atoms with van der Waals surface area (Å²) in [5.74, 6) is 1.84. The Hall–Kier alpha value is -3.10. The summed E-state index contributed by atoms with van der Waals surface area (Å²) in [6.45, 7) is 2.16. The van der Waals surface area contributed by atoms with E-state index in [1.54, 1.807) is 4.90 Å². The first-order chi connectivity index (χ1) is 16.9. The average Bonchev–Trinajstić information content (AvgIpc) is 3.23. The van der Waals surface area contributed by atoms with Gasteiger partial charge in [0.25, 0.3) is 0 Å². The van der Waals surface area contributed by atoms with E-state index in [-0.39, 0.29) is 16.6 Å². The number of hydrogen-bond donors (Lipinski definition) is 2. The first-order valence-corrected chi connectivity index (χ1v) is 12.4. The Morgan fingerprint density at radius 3 is 2.57 bits per heavy atom. The lowest BCUT2D eigenvalue weighted by atomic mass is 10.0. The van der Waals surface area contributed by atoms with Crippen LogP contribution >= 0.6 is 11.6 Å². The fourth-order valence-corrected chi connectivity index (χ4v) is 5.89. The molecule has 1 amide bonds. The fourth-order valence-electron chi connectivity index (χ4n) is 5.60. The molecule has 2 saturated carbocycles. The van der Waals surface area contributed by atoms with E-state index in [1.165, 1.54) is 17.8 Å². The van der Waals surface area contributed by atoms with Crippen LogP contribution in [0, 0.1) is 17.8 Å². The highest BCUT2D eigenvalue weighted by molar-refractivity contribution is 6.28. The van der Waals surface area contributed by atoms with Gasteiger partial charge in [-0.15, -0.1) is 11.6 Å². The van der Waals surface area contributed by atoms with E-state index in [2.05, 4.69) is 28.6 Å². The number of ether oxygens (including phenoxy) is 1. The first-order valence-electron chi connectivity index (χ1n) is 12.0. The zero-order valence-electron chi connectivity index (χ0n) is 19.1. The molecule has 1 saturated heterocycles. The van der Waals surface area contributed by atoms with Crippen LogP contribution in [0.25, 0.3) is 0 Å². The van der Waals surface area contributed by atoms with Crippen LogP contribution in [0.1, 0.15) is 35.3 Å². The molecule has 6 rings (SSSR count). The van der Waals surface area contributed by atoms with E-state index in [4.69, 9.17) is 21.4 Å². The Morgan fingerprint density at radius 1 is 1.17 bits per heavy atom. The standard InChI is InChI=1S/C26H27ClN4O4/c27-26-7-5-22(11-19(26)12-26)35-21-3-1-16(2-4-21)13-28-20-9-17-14-30(15-18(17)10-20)25(34)31-8-6-23(29-31)24(32)33/h1-8,11,17-20,28H,9-10,12-15H2,(H,32,33)/t17-,18+,19-,20+,26?/m1/s1. The van der Waals surface area contributed by atoms with Crippen LogP contribution in [0.4, 0.5) is 4.79 Å². The molecule has 2 N–H and O–H groups in total. The molecular weight excluding hydrogens is 468 g/mol. The number of rotatable bonds is 6. The molecule has 0 bridgehead atoms. The zero-order chi connectivity index (χ0) is 24.2. The summed E-state index contributed by atoms with van der Waals surface area (Å²) in [7, 11) is 0. The summed E-state index contributed by atoms with van der Waals surface area (Å²) in [4.78, 5) is 25.3. The van der Waals surface area contributed by atoms with Gasteiger partial charge in [-0.1, -0.05) is 18.2 Å². The number of carbonyl (C=O) groups excluding carboxylic acids is 1. The van der Waals surface area contributed by atoms with Crippen molar-refractivity contribution in [2.75, 3.05) is 13.1 Å². The highest BCUT2D eigenvalue weighted by Crippen LogP contribution is 2.54. The van der Waals surface area contributed by atoms with Gasteiger partial charge in [0.1, 0.15) is 11.5 Å². The molecule has 4 aliphatic rings. The smallest absolute Gasteiger partial charge is 0.356 e. The maximum Gasteiger partial charge on any atom is 0.356 e. The molecule has 5 atom stereocenters. The number of allylic oxidation sites excluding steroid dienone is 3. The van der Waals surface area contributed by atoms with Gasteiger partial charge in [-0.05, 0) is 67.0 Å². The Labute approximate surface area is 208 Å². The molecule has 8 nitrogen and oxygen atoms in total. The zero-order valence-corrected chi connectivity index (χ0v) is 19.9. The van der Waals surface area contributed by atoms with Gasteiger partial charge in [0.15, 0.2) is 5.69 Å². The highest BCUT2D eigenvalue weighted by atomic mass is 35.5. The molecule has 0 spiro atoms. The predicted octanol–water partition coefficient (Wildman–Crippen LogP) is 3.88. The van der Waals surface area contributed by atoms with Gasteiger partial charge in [-0.3, -0.25) is 0 Å². The molecular formula is C26H27ClN4O4. The molecule has 3 aliphatic carbocycles. The number of aromatic carboxylic acids is 1. The van der Waals surface area contributed by atoms with Gasteiger partial charge in [0.05, 0.1) is 4.87 Å². The van der Waals surface area contributed by atoms with Crippen LogP contribution in [0.15, 0.2) is 60.5 Å². The molecule has 1 aliphatic heterocycles. The predicted molar refractivity (Wildman–Crippen MR) is 129 cm³/mol. The lowest BCUT2D eigenvalue weighted by Crippen LogP contribution is -2.35. The summed E-state index contributed by atoms with van der Waals surface area (Å²) in [5, 5.41) is 16.5. The fraction of sp³-hybridized carbons (Fsp3) is 0.423. The molecule has 182 valence electrons. The van der Waals surface area contributed by atoms with E-state index >= 15 is 0 Å². The number of carboxylic acid groups (broad SMARTS) is 1. The van der Waals surface area contributed by atoms with Crippen molar-refractivity contribution < 1.29 is 19.4 Å².